The Kier molecular flexibility index (Phi) is 4.56. The van der Waals surface area contributed by atoms with Gasteiger partial charge in [-0.15, -0.1) is 11.6 Å². The van der Waals surface area contributed by atoms with E-state index in [1.165, 1.54) is 0 Å². The smallest absolute Gasteiger partial charge is 0.212 e. The van der Waals surface area contributed by atoms with Crippen LogP contribution in [0.1, 0.15) is 5.69 Å². The fourth-order valence-corrected chi connectivity index (χ4v) is 2.52. The quantitative estimate of drug-likeness (QED) is 0.731. The van der Waals surface area contributed by atoms with Crippen LogP contribution in [0.15, 0.2) is 12.3 Å². The molecule has 15 heavy (non-hydrogen) atoms. The summed E-state index contributed by atoms with van der Waals surface area (Å²) in [6.45, 7) is 0.374. The Balaban J connectivity index is 2.37. The van der Waals surface area contributed by atoms with Gasteiger partial charge in [0.2, 0.25) is 10.0 Å². The summed E-state index contributed by atoms with van der Waals surface area (Å²) in [7, 11) is -1.39. The van der Waals surface area contributed by atoms with Crippen LogP contribution in [0, 0.1) is 0 Å². The van der Waals surface area contributed by atoms with Crippen LogP contribution < -0.4 is 4.72 Å². The van der Waals surface area contributed by atoms with Gasteiger partial charge >= 0.3 is 0 Å². The van der Waals surface area contributed by atoms with Gasteiger partial charge < -0.3 is 0 Å². The van der Waals surface area contributed by atoms with E-state index in [2.05, 4.69) is 9.82 Å². The van der Waals surface area contributed by atoms with Crippen molar-refractivity contribution in [2.24, 2.45) is 7.05 Å². The first-order valence-corrected chi connectivity index (χ1v) is 6.74. The van der Waals surface area contributed by atoms with Crippen LogP contribution >= 0.6 is 11.6 Å². The molecule has 1 aromatic heterocycles. The Labute approximate surface area is 94.5 Å². The number of aryl methyl sites for hydroxylation is 1. The van der Waals surface area contributed by atoms with Gasteiger partial charge in [-0.3, -0.25) is 4.68 Å². The molecule has 1 heterocycles. The van der Waals surface area contributed by atoms with Crippen molar-refractivity contribution in [2.75, 3.05) is 18.2 Å². The molecule has 0 saturated carbocycles. The fraction of sp³-hybridized carbons (Fsp3) is 0.625. The van der Waals surface area contributed by atoms with Gasteiger partial charge in [-0.2, -0.15) is 5.10 Å². The summed E-state index contributed by atoms with van der Waals surface area (Å²) in [5, 5.41) is 3.99. The summed E-state index contributed by atoms with van der Waals surface area (Å²) in [6, 6.07) is 1.86. The van der Waals surface area contributed by atoms with Crippen LogP contribution in [0.2, 0.25) is 0 Å². The summed E-state index contributed by atoms with van der Waals surface area (Å²) >= 11 is 5.36. The summed E-state index contributed by atoms with van der Waals surface area (Å²) in [5.74, 6) is 0.0704. The van der Waals surface area contributed by atoms with Gasteiger partial charge in [0.25, 0.3) is 0 Å². The lowest BCUT2D eigenvalue weighted by molar-refractivity contribution is 0.581. The number of rotatable bonds is 6. The Hall–Kier alpha value is -0.590. The van der Waals surface area contributed by atoms with E-state index in [4.69, 9.17) is 11.6 Å². The van der Waals surface area contributed by atoms with E-state index < -0.39 is 10.0 Å². The Morgan fingerprint density at radius 2 is 2.33 bits per heavy atom. The molecule has 0 aromatic carbocycles. The second kappa shape index (κ2) is 5.48. The number of nitrogens with one attached hydrogen (secondary N) is 1. The van der Waals surface area contributed by atoms with Gasteiger partial charge in [0.05, 0.1) is 5.75 Å². The molecule has 0 aliphatic heterocycles. The summed E-state index contributed by atoms with van der Waals surface area (Å²) in [6.07, 6.45) is 2.31. The van der Waals surface area contributed by atoms with Crippen molar-refractivity contribution in [2.45, 2.75) is 6.42 Å². The monoisotopic (exact) mass is 251 g/mol. The van der Waals surface area contributed by atoms with Gasteiger partial charge in [-0.1, -0.05) is 0 Å². The maximum Gasteiger partial charge on any atom is 0.212 e. The molecule has 0 saturated heterocycles. The molecule has 7 heteroatoms. The lowest BCUT2D eigenvalue weighted by Crippen LogP contribution is -2.29. The molecule has 0 amide bonds. The van der Waals surface area contributed by atoms with Crippen molar-refractivity contribution in [3.05, 3.63) is 18.0 Å². The van der Waals surface area contributed by atoms with E-state index in [0.29, 0.717) is 13.0 Å². The number of alkyl halides is 1. The molecule has 0 radical (unpaired) electrons. The van der Waals surface area contributed by atoms with Crippen LogP contribution in [0.4, 0.5) is 0 Å². The fourth-order valence-electron chi connectivity index (χ4n) is 1.15. The second-order valence-corrected chi connectivity index (χ2v) is 5.40. The Morgan fingerprint density at radius 1 is 1.60 bits per heavy atom. The topological polar surface area (TPSA) is 64.0 Å². The zero-order valence-electron chi connectivity index (χ0n) is 8.48. The highest BCUT2D eigenvalue weighted by molar-refractivity contribution is 7.89. The minimum atomic E-state index is -3.21. The van der Waals surface area contributed by atoms with E-state index in [0.717, 1.165) is 5.69 Å². The van der Waals surface area contributed by atoms with Crippen molar-refractivity contribution in [3.8, 4) is 0 Å². The number of aromatic nitrogens is 2. The lowest BCUT2D eigenvalue weighted by atomic mass is 10.3. The number of sulfonamides is 1. The highest BCUT2D eigenvalue weighted by Crippen LogP contribution is 1.97. The molecule has 1 aromatic rings. The first-order valence-electron chi connectivity index (χ1n) is 4.55. The van der Waals surface area contributed by atoms with Crippen molar-refractivity contribution in [1.29, 1.82) is 0 Å². The molecular weight excluding hydrogens is 238 g/mol. The highest BCUT2D eigenvalue weighted by atomic mass is 35.5. The molecule has 0 bridgehead atoms. The van der Waals surface area contributed by atoms with Gasteiger partial charge in [0.1, 0.15) is 0 Å². The standard InChI is InChI=1S/C8H14ClN3O2S/c1-12-8(2-5-10-12)3-6-11-15(13,14)7-4-9/h2,5,11H,3-4,6-7H2,1H3. The second-order valence-electron chi connectivity index (χ2n) is 3.10. The third-order valence-corrected chi connectivity index (χ3v) is 3.77. The molecule has 0 aliphatic rings. The molecule has 0 aliphatic carbocycles. The highest BCUT2D eigenvalue weighted by Gasteiger charge is 2.08. The van der Waals surface area contributed by atoms with Gasteiger partial charge in [0, 0.05) is 37.8 Å². The minimum absolute atomic E-state index is 0.0417. The molecule has 1 N–H and O–H groups in total. The SMILES string of the molecule is Cn1nccc1CCNS(=O)(=O)CCCl. The van der Waals surface area contributed by atoms with E-state index >= 15 is 0 Å². The van der Waals surface area contributed by atoms with Crippen LogP contribution in [0.5, 0.6) is 0 Å². The van der Waals surface area contributed by atoms with E-state index in [1.54, 1.807) is 10.9 Å². The van der Waals surface area contributed by atoms with E-state index in [1.807, 2.05) is 13.1 Å². The van der Waals surface area contributed by atoms with Crippen molar-refractivity contribution in [3.63, 3.8) is 0 Å². The first kappa shape index (κ1) is 12.5. The molecule has 5 nitrogen and oxygen atoms in total. The molecule has 0 fully saturated rings. The molecule has 1 rings (SSSR count). The normalized spacial score (nSPS) is 11.9. The average molecular weight is 252 g/mol. The largest absolute Gasteiger partial charge is 0.273 e. The summed E-state index contributed by atoms with van der Waals surface area (Å²) < 4.78 is 26.6. The molecule has 0 spiro atoms. The third kappa shape index (κ3) is 4.19. The average Bonchev–Trinajstić information content (AvgIpc) is 2.51. The maximum atomic E-state index is 11.2. The van der Waals surface area contributed by atoms with E-state index in [-0.39, 0.29) is 11.6 Å². The minimum Gasteiger partial charge on any atom is -0.273 e. The predicted molar refractivity (Wildman–Crippen MR) is 59.4 cm³/mol. The van der Waals surface area contributed by atoms with Crippen LogP contribution in [-0.4, -0.2) is 36.4 Å². The van der Waals surface area contributed by atoms with Gasteiger partial charge in [-0.25, -0.2) is 13.1 Å². The van der Waals surface area contributed by atoms with Crippen LogP contribution in [0.3, 0.4) is 0 Å². The number of nitrogens with zero attached hydrogens (tertiary/aromatic N) is 2. The lowest BCUT2D eigenvalue weighted by Gasteiger charge is -2.05. The third-order valence-electron chi connectivity index (χ3n) is 1.97. The predicted octanol–water partition coefficient (Wildman–Crippen LogP) is 0.121. The molecule has 0 unspecified atom stereocenters. The van der Waals surface area contributed by atoms with Crippen LogP contribution in [-0.2, 0) is 23.5 Å². The van der Waals surface area contributed by atoms with Crippen molar-refractivity contribution in [1.82, 2.24) is 14.5 Å². The number of hydrogen-bond acceptors (Lipinski definition) is 3. The van der Waals surface area contributed by atoms with Gasteiger partial charge in [0.15, 0.2) is 0 Å². The Morgan fingerprint density at radius 3 is 2.87 bits per heavy atom. The Bertz CT molecular complexity index is 402. The summed E-state index contributed by atoms with van der Waals surface area (Å²) in [4.78, 5) is 0. The van der Waals surface area contributed by atoms with E-state index in [9.17, 15) is 8.42 Å². The molecule has 0 atom stereocenters. The zero-order chi connectivity index (χ0) is 11.3. The molecule has 86 valence electrons. The number of hydrogen-bond donors (Lipinski definition) is 1. The molecular formula is C8H14ClN3O2S. The van der Waals surface area contributed by atoms with Crippen LogP contribution in [0.25, 0.3) is 0 Å². The van der Waals surface area contributed by atoms with Crippen molar-refractivity contribution < 1.29 is 8.42 Å². The maximum absolute atomic E-state index is 11.2. The van der Waals surface area contributed by atoms with Gasteiger partial charge in [-0.05, 0) is 6.07 Å². The van der Waals surface area contributed by atoms with Crippen molar-refractivity contribution >= 4 is 21.6 Å². The first-order chi connectivity index (χ1) is 7.05. The zero-order valence-corrected chi connectivity index (χ0v) is 10.1. The summed E-state index contributed by atoms with van der Waals surface area (Å²) in [5.41, 5.74) is 0.989. The number of halogens is 1.